The van der Waals surface area contributed by atoms with E-state index >= 15 is 0 Å². The molecule has 2 aliphatic rings. The zero-order valence-corrected chi connectivity index (χ0v) is 21.0. The first-order valence-electron chi connectivity index (χ1n) is 11.0. The second-order valence-corrected chi connectivity index (χ2v) is 8.93. The Morgan fingerprint density at radius 3 is 2.34 bits per heavy atom. The fourth-order valence-electron chi connectivity index (χ4n) is 4.50. The van der Waals surface area contributed by atoms with Crippen molar-refractivity contribution >= 4 is 40.7 Å². The van der Waals surface area contributed by atoms with Crippen molar-refractivity contribution in [1.82, 2.24) is 4.90 Å². The van der Waals surface area contributed by atoms with Gasteiger partial charge >= 0.3 is 0 Å². The molecular formula is C25H25Cl2NO7. The summed E-state index contributed by atoms with van der Waals surface area (Å²) in [7, 11) is 4.30. The topological polar surface area (TPSA) is 94.5 Å². The first-order valence-corrected chi connectivity index (χ1v) is 11.7. The zero-order valence-electron chi connectivity index (χ0n) is 19.5. The van der Waals surface area contributed by atoms with Crippen LogP contribution in [0.4, 0.5) is 0 Å². The second-order valence-electron chi connectivity index (χ2n) is 8.15. The Kier molecular flexibility index (Phi) is 7.44. The van der Waals surface area contributed by atoms with Crippen LogP contribution in [0.1, 0.15) is 30.0 Å². The molecule has 186 valence electrons. The highest BCUT2D eigenvalue weighted by molar-refractivity contribution is 6.47. The highest BCUT2D eigenvalue weighted by Gasteiger charge is 2.47. The fraction of sp³-hybridized carbons (Fsp3) is 0.360. The molecular weight excluding hydrogens is 497 g/mol. The molecule has 1 N–H and O–H groups in total. The van der Waals surface area contributed by atoms with Gasteiger partial charge in [0, 0.05) is 13.2 Å². The molecule has 0 aromatic heterocycles. The lowest BCUT2D eigenvalue weighted by Gasteiger charge is -2.27. The van der Waals surface area contributed by atoms with Crippen molar-refractivity contribution < 1.29 is 33.6 Å². The van der Waals surface area contributed by atoms with Crippen LogP contribution in [0.2, 0.25) is 10.0 Å². The molecule has 0 aliphatic carbocycles. The average Bonchev–Trinajstić information content (AvgIpc) is 3.46. The lowest BCUT2D eigenvalue weighted by molar-refractivity contribution is -0.140. The van der Waals surface area contributed by atoms with Crippen LogP contribution in [0.25, 0.3) is 5.76 Å². The molecule has 2 atom stereocenters. The van der Waals surface area contributed by atoms with Gasteiger partial charge in [0.05, 0.1) is 49.6 Å². The minimum Gasteiger partial charge on any atom is -0.507 e. The van der Waals surface area contributed by atoms with Gasteiger partial charge in [0.1, 0.15) is 16.5 Å². The van der Waals surface area contributed by atoms with E-state index in [1.807, 2.05) is 0 Å². The Labute approximate surface area is 212 Å². The predicted molar refractivity (Wildman–Crippen MR) is 131 cm³/mol. The maximum absolute atomic E-state index is 13.3. The number of carbonyl (C=O) groups is 2. The molecule has 10 heteroatoms. The first kappa shape index (κ1) is 25.2. The van der Waals surface area contributed by atoms with E-state index in [4.69, 9.17) is 42.1 Å². The molecule has 0 saturated carbocycles. The average molecular weight is 522 g/mol. The van der Waals surface area contributed by atoms with Crippen LogP contribution < -0.4 is 14.2 Å². The summed E-state index contributed by atoms with van der Waals surface area (Å²) in [5.41, 5.74) is 0.583. The van der Waals surface area contributed by atoms with Crippen LogP contribution in [-0.2, 0) is 14.3 Å². The lowest BCUT2D eigenvalue weighted by atomic mass is 9.94. The monoisotopic (exact) mass is 521 g/mol. The maximum atomic E-state index is 13.3. The highest BCUT2D eigenvalue weighted by Crippen LogP contribution is 2.47. The van der Waals surface area contributed by atoms with Gasteiger partial charge in [-0.2, -0.15) is 0 Å². The van der Waals surface area contributed by atoms with E-state index in [1.165, 1.54) is 25.2 Å². The molecule has 0 radical (unpaired) electrons. The quantitative estimate of drug-likeness (QED) is 0.322. The number of hydrogen-bond donors (Lipinski definition) is 1. The van der Waals surface area contributed by atoms with Gasteiger partial charge < -0.3 is 29.0 Å². The number of nitrogens with zero attached hydrogens (tertiary/aromatic N) is 1. The molecule has 2 aromatic carbocycles. The van der Waals surface area contributed by atoms with Crippen LogP contribution in [0.15, 0.2) is 35.9 Å². The van der Waals surface area contributed by atoms with E-state index in [1.54, 1.807) is 31.4 Å². The molecule has 8 nitrogen and oxygen atoms in total. The number of halogens is 2. The van der Waals surface area contributed by atoms with E-state index in [9.17, 15) is 14.7 Å². The molecule has 35 heavy (non-hydrogen) atoms. The minimum absolute atomic E-state index is 0.0265. The molecule has 4 rings (SSSR count). The van der Waals surface area contributed by atoms with Gasteiger partial charge in [-0.3, -0.25) is 9.59 Å². The third-order valence-electron chi connectivity index (χ3n) is 6.19. The van der Waals surface area contributed by atoms with Crippen LogP contribution >= 0.6 is 23.2 Å². The number of rotatable bonds is 7. The van der Waals surface area contributed by atoms with Crippen LogP contribution in [0.5, 0.6) is 17.2 Å². The fourth-order valence-corrected chi connectivity index (χ4v) is 5.19. The van der Waals surface area contributed by atoms with E-state index in [0.29, 0.717) is 17.9 Å². The minimum atomic E-state index is -0.866. The maximum Gasteiger partial charge on any atom is 0.295 e. The first-order chi connectivity index (χ1) is 16.8. The molecule has 2 unspecified atom stereocenters. The highest BCUT2D eigenvalue weighted by atomic mass is 35.5. The number of likely N-dealkylation sites (tertiary alicyclic amines) is 1. The summed E-state index contributed by atoms with van der Waals surface area (Å²) in [6.07, 6.45) is 1.45. The molecule has 2 heterocycles. The number of ketones is 1. The van der Waals surface area contributed by atoms with Gasteiger partial charge in [-0.15, -0.1) is 0 Å². The van der Waals surface area contributed by atoms with E-state index in [-0.39, 0.29) is 45.3 Å². The largest absolute Gasteiger partial charge is 0.507 e. The molecule has 1 amide bonds. The smallest absolute Gasteiger partial charge is 0.295 e. The number of Topliss-reactive ketones (excluding diaryl/α,β-unsaturated/α-hetero) is 1. The number of carbonyl (C=O) groups excluding carboxylic acids is 2. The van der Waals surface area contributed by atoms with Crippen molar-refractivity contribution in [3.8, 4) is 17.2 Å². The van der Waals surface area contributed by atoms with Crippen LogP contribution in [0.3, 0.4) is 0 Å². The Balaban J connectivity index is 1.90. The Bertz CT molecular complexity index is 1170. The summed E-state index contributed by atoms with van der Waals surface area (Å²) >= 11 is 12.7. The predicted octanol–water partition coefficient (Wildman–Crippen LogP) is 4.62. The SMILES string of the molecule is COc1ccc(C2/C(=C(\O)c3cc(Cl)c(OC)c(Cl)c3OC)C(=O)C(=O)N2CC2CCCO2)cc1. The van der Waals surface area contributed by atoms with Crippen molar-refractivity contribution in [3.63, 3.8) is 0 Å². The summed E-state index contributed by atoms with van der Waals surface area (Å²) in [6, 6.07) is 7.47. The van der Waals surface area contributed by atoms with Crippen molar-refractivity contribution in [2.45, 2.75) is 25.0 Å². The molecule has 0 spiro atoms. The normalized spacial score (nSPS) is 21.5. The number of benzene rings is 2. The third kappa shape index (κ3) is 4.53. The van der Waals surface area contributed by atoms with Crippen LogP contribution in [-0.4, -0.2) is 62.3 Å². The van der Waals surface area contributed by atoms with Gasteiger partial charge in [0.25, 0.3) is 11.7 Å². The number of ether oxygens (including phenoxy) is 4. The molecule has 0 bridgehead atoms. The van der Waals surface area contributed by atoms with Gasteiger partial charge in [0.15, 0.2) is 11.5 Å². The van der Waals surface area contributed by atoms with Crippen LogP contribution in [0, 0.1) is 0 Å². The van der Waals surface area contributed by atoms with E-state index in [2.05, 4.69) is 0 Å². The van der Waals surface area contributed by atoms with E-state index in [0.717, 1.165) is 12.8 Å². The Morgan fingerprint density at radius 1 is 1.09 bits per heavy atom. The summed E-state index contributed by atoms with van der Waals surface area (Å²) in [5.74, 6) is -1.18. The molecule has 2 aliphatic heterocycles. The number of methoxy groups -OCH3 is 3. The van der Waals surface area contributed by atoms with Gasteiger partial charge in [-0.25, -0.2) is 0 Å². The number of amides is 1. The Morgan fingerprint density at radius 2 is 1.77 bits per heavy atom. The van der Waals surface area contributed by atoms with Crippen molar-refractivity contribution in [1.29, 1.82) is 0 Å². The number of aliphatic hydroxyl groups is 1. The summed E-state index contributed by atoms with van der Waals surface area (Å²) < 4.78 is 21.6. The zero-order chi connectivity index (χ0) is 25.3. The third-order valence-corrected chi connectivity index (χ3v) is 6.81. The molecule has 2 saturated heterocycles. The van der Waals surface area contributed by atoms with Gasteiger partial charge in [0.2, 0.25) is 0 Å². The lowest BCUT2D eigenvalue weighted by Crippen LogP contribution is -2.36. The van der Waals surface area contributed by atoms with Crippen molar-refractivity contribution in [3.05, 3.63) is 57.1 Å². The van der Waals surface area contributed by atoms with Gasteiger partial charge in [-0.1, -0.05) is 35.3 Å². The Hall–Kier alpha value is -2.94. The summed E-state index contributed by atoms with van der Waals surface area (Å²) in [5, 5.41) is 11.6. The van der Waals surface area contributed by atoms with E-state index < -0.39 is 23.5 Å². The van der Waals surface area contributed by atoms with Crippen molar-refractivity contribution in [2.24, 2.45) is 0 Å². The summed E-state index contributed by atoms with van der Waals surface area (Å²) in [4.78, 5) is 27.9. The van der Waals surface area contributed by atoms with Crippen molar-refractivity contribution in [2.75, 3.05) is 34.5 Å². The summed E-state index contributed by atoms with van der Waals surface area (Å²) in [6.45, 7) is 0.807. The number of aliphatic hydroxyl groups excluding tert-OH is 1. The standard InChI is InChI=1S/C25H25Cl2NO7/c1-32-14-8-6-13(7-9-14)20-18(22(30)25(31)28(20)12-15-5-4-10-35-15)21(29)16-11-17(26)24(34-3)19(27)23(16)33-2/h6-9,11,15,20,29H,4-5,10,12H2,1-3H3/b21-18+. The molecule has 2 aromatic rings. The molecule has 2 fully saturated rings. The number of hydrogen-bond acceptors (Lipinski definition) is 7. The second kappa shape index (κ2) is 10.4. The van der Waals surface area contributed by atoms with Gasteiger partial charge in [-0.05, 0) is 36.6 Å².